The van der Waals surface area contributed by atoms with Crippen LogP contribution in [0.2, 0.25) is 0 Å². The summed E-state index contributed by atoms with van der Waals surface area (Å²) in [5.74, 6) is 3.51. The number of Topliss-reactive ketones (excluding diaryl/α,β-unsaturated/α-hetero) is 1. The van der Waals surface area contributed by atoms with E-state index in [9.17, 15) is 18.4 Å². The highest BCUT2D eigenvalue weighted by Crippen LogP contribution is 2.31. The Balaban J connectivity index is 0.000000646. The summed E-state index contributed by atoms with van der Waals surface area (Å²) in [6.45, 7) is 12.6. The molecule has 0 aliphatic rings. The molecule has 2 rings (SSSR count). The number of nitrogens with one attached hydrogen (secondary N) is 2. The highest BCUT2D eigenvalue weighted by atomic mass is 19.3. The van der Waals surface area contributed by atoms with E-state index >= 15 is 0 Å². The average molecular weight is 567 g/mol. The molecule has 0 radical (unpaired) electrons. The molecule has 0 bridgehead atoms. The molecule has 224 valence electrons. The summed E-state index contributed by atoms with van der Waals surface area (Å²) in [6, 6.07) is 12.1. The zero-order valence-electron chi connectivity index (χ0n) is 25.9. The second kappa shape index (κ2) is 18.1. The summed E-state index contributed by atoms with van der Waals surface area (Å²) >= 11 is 0. The average Bonchev–Trinajstić information content (AvgIpc) is 2.96. The monoisotopic (exact) mass is 566 g/mol. The maximum Gasteiger partial charge on any atom is 0.271 e. The number of hydrogen-bond donors (Lipinski definition) is 2. The van der Waals surface area contributed by atoms with Crippen molar-refractivity contribution in [3.63, 3.8) is 0 Å². The van der Waals surface area contributed by atoms with Gasteiger partial charge in [0.05, 0.1) is 5.92 Å². The minimum absolute atomic E-state index is 0.0158. The van der Waals surface area contributed by atoms with Crippen molar-refractivity contribution in [3.05, 3.63) is 82.6 Å². The quantitative estimate of drug-likeness (QED) is 0.191. The van der Waals surface area contributed by atoms with Crippen LogP contribution < -0.4 is 10.6 Å². The Morgan fingerprint density at radius 2 is 1.61 bits per heavy atom. The molecule has 0 spiro atoms. The number of rotatable bonds is 13. The molecule has 0 fully saturated rings. The number of alkyl halides is 2. The van der Waals surface area contributed by atoms with Gasteiger partial charge in [-0.05, 0) is 61.9 Å². The van der Waals surface area contributed by atoms with Crippen molar-refractivity contribution in [2.24, 2.45) is 11.8 Å². The van der Waals surface area contributed by atoms with Crippen LogP contribution in [0.3, 0.4) is 0 Å². The van der Waals surface area contributed by atoms with Crippen LogP contribution in [-0.4, -0.2) is 25.8 Å². The Morgan fingerprint density at radius 3 is 2.10 bits per heavy atom. The van der Waals surface area contributed by atoms with Crippen LogP contribution in [0.15, 0.2) is 54.7 Å². The molecule has 0 aliphatic carbocycles. The fourth-order valence-corrected chi connectivity index (χ4v) is 4.64. The number of benzene rings is 2. The standard InChI is InChI=1S/C27H32F2O.C8H16N2O/c1-5-8-21(6-2)9-7-10-23-14-18-25(26(19-23)27(4,28)29)17-13-22-11-15-24(16-12-22)20(3)30;1-5-7(6(2)9-3)8(11)10-4/h11-12,14-16,18-19,21H,5-10H2,1-4H3;7,9H,2,5H2,1,3-4H3,(H,10,11). The van der Waals surface area contributed by atoms with Gasteiger partial charge in [0.2, 0.25) is 5.91 Å². The molecule has 2 unspecified atom stereocenters. The molecule has 1 amide bonds. The first-order valence-electron chi connectivity index (χ1n) is 14.6. The summed E-state index contributed by atoms with van der Waals surface area (Å²) in [5, 5.41) is 5.47. The van der Waals surface area contributed by atoms with E-state index in [0.29, 0.717) is 16.7 Å². The molecule has 2 aromatic rings. The SMILES string of the molecule is C=C(NC)C(CC)C(=O)NC.CCCC(CC)CCCc1ccc(C#Cc2ccc(C(C)=O)cc2)c(C(C)(F)F)c1. The van der Waals surface area contributed by atoms with E-state index in [1.165, 1.54) is 26.2 Å². The van der Waals surface area contributed by atoms with Crippen molar-refractivity contribution < 1.29 is 18.4 Å². The first kappa shape index (κ1) is 35.6. The maximum absolute atomic E-state index is 14.3. The molecule has 2 N–H and O–H groups in total. The number of carbonyl (C=O) groups is 2. The van der Waals surface area contributed by atoms with Gasteiger partial charge >= 0.3 is 0 Å². The molecule has 0 saturated carbocycles. The van der Waals surface area contributed by atoms with Crippen molar-refractivity contribution in [1.82, 2.24) is 10.6 Å². The lowest BCUT2D eigenvalue weighted by molar-refractivity contribution is -0.123. The fourth-order valence-electron chi connectivity index (χ4n) is 4.64. The van der Waals surface area contributed by atoms with E-state index in [2.05, 4.69) is 42.9 Å². The van der Waals surface area contributed by atoms with Crippen molar-refractivity contribution in [1.29, 1.82) is 0 Å². The smallest absolute Gasteiger partial charge is 0.271 e. The number of aryl methyl sites for hydroxylation is 1. The summed E-state index contributed by atoms with van der Waals surface area (Å²) in [7, 11) is 3.40. The van der Waals surface area contributed by atoms with Gasteiger partial charge in [0, 0.05) is 49.0 Å². The highest BCUT2D eigenvalue weighted by Gasteiger charge is 2.27. The summed E-state index contributed by atoms with van der Waals surface area (Å²) in [5.41, 5.74) is 3.33. The number of ketones is 1. The Morgan fingerprint density at radius 1 is 0.951 bits per heavy atom. The van der Waals surface area contributed by atoms with Crippen LogP contribution in [0.5, 0.6) is 0 Å². The molecule has 0 aromatic heterocycles. The minimum atomic E-state index is -2.95. The number of amides is 1. The third kappa shape index (κ3) is 12.3. The van der Waals surface area contributed by atoms with E-state index in [1.54, 1.807) is 50.5 Å². The first-order valence-corrected chi connectivity index (χ1v) is 14.6. The predicted octanol–water partition coefficient (Wildman–Crippen LogP) is 8.04. The number of carbonyl (C=O) groups excluding carboxylic acids is 2. The topological polar surface area (TPSA) is 58.2 Å². The Hall–Kier alpha value is -3.46. The van der Waals surface area contributed by atoms with Gasteiger partial charge in [-0.3, -0.25) is 9.59 Å². The zero-order chi connectivity index (χ0) is 31.0. The molecular weight excluding hydrogens is 518 g/mol. The molecular formula is C35H48F2N2O2. The van der Waals surface area contributed by atoms with E-state index < -0.39 is 5.92 Å². The second-order valence-electron chi connectivity index (χ2n) is 10.5. The van der Waals surface area contributed by atoms with Crippen LogP contribution in [0.25, 0.3) is 0 Å². The summed E-state index contributed by atoms with van der Waals surface area (Å²) in [6.07, 6.45) is 7.34. The van der Waals surface area contributed by atoms with E-state index in [0.717, 1.165) is 49.8 Å². The van der Waals surface area contributed by atoms with Gasteiger partial charge in [-0.2, -0.15) is 0 Å². The minimum Gasteiger partial charge on any atom is -0.391 e. The normalized spacial score (nSPS) is 12.1. The van der Waals surface area contributed by atoms with Crippen molar-refractivity contribution in [2.75, 3.05) is 14.1 Å². The second-order valence-corrected chi connectivity index (χ2v) is 10.5. The Kier molecular flexibility index (Phi) is 15.7. The van der Waals surface area contributed by atoms with Crippen molar-refractivity contribution in [2.45, 2.75) is 85.5 Å². The molecule has 6 heteroatoms. The third-order valence-electron chi connectivity index (χ3n) is 7.25. The lowest BCUT2D eigenvalue weighted by Gasteiger charge is -2.16. The molecule has 0 heterocycles. The van der Waals surface area contributed by atoms with E-state index in [-0.39, 0.29) is 23.2 Å². The van der Waals surface area contributed by atoms with Crippen LogP contribution in [-0.2, 0) is 17.1 Å². The van der Waals surface area contributed by atoms with Gasteiger partial charge < -0.3 is 10.6 Å². The molecule has 2 atom stereocenters. The predicted molar refractivity (Wildman–Crippen MR) is 166 cm³/mol. The van der Waals surface area contributed by atoms with Crippen molar-refractivity contribution in [3.8, 4) is 11.8 Å². The fraction of sp³-hybridized carbons (Fsp3) is 0.486. The number of hydrogen-bond acceptors (Lipinski definition) is 3. The Labute approximate surface area is 246 Å². The lowest BCUT2D eigenvalue weighted by Crippen LogP contribution is -2.31. The largest absolute Gasteiger partial charge is 0.391 e. The van der Waals surface area contributed by atoms with Gasteiger partial charge in [0.1, 0.15) is 0 Å². The van der Waals surface area contributed by atoms with Crippen LogP contribution in [0.4, 0.5) is 8.78 Å². The summed E-state index contributed by atoms with van der Waals surface area (Å²) in [4.78, 5) is 22.5. The van der Waals surface area contributed by atoms with Crippen LogP contribution in [0, 0.1) is 23.7 Å². The Bertz CT molecular complexity index is 1170. The van der Waals surface area contributed by atoms with Gasteiger partial charge in [0.15, 0.2) is 5.78 Å². The van der Waals surface area contributed by atoms with E-state index in [4.69, 9.17) is 0 Å². The third-order valence-corrected chi connectivity index (χ3v) is 7.25. The van der Waals surface area contributed by atoms with Gasteiger partial charge in [-0.25, -0.2) is 8.78 Å². The molecule has 41 heavy (non-hydrogen) atoms. The van der Waals surface area contributed by atoms with Crippen LogP contribution in [0.1, 0.15) is 106 Å². The van der Waals surface area contributed by atoms with Gasteiger partial charge in [-0.15, -0.1) is 0 Å². The lowest BCUT2D eigenvalue weighted by atomic mass is 9.92. The highest BCUT2D eigenvalue weighted by molar-refractivity contribution is 5.94. The first-order chi connectivity index (χ1) is 19.4. The zero-order valence-corrected chi connectivity index (χ0v) is 25.9. The molecule has 0 saturated heterocycles. The molecule has 4 nitrogen and oxygen atoms in total. The molecule has 0 aliphatic heterocycles. The van der Waals surface area contributed by atoms with Crippen LogP contribution >= 0.6 is 0 Å². The van der Waals surface area contributed by atoms with Gasteiger partial charge in [0.25, 0.3) is 5.92 Å². The molecule has 2 aromatic carbocycles. The van der Waals surface area contributed by atoms with E-state index in [1.807, 2.05) is 13.0 Å². The van der Waals surface area contributed by atoms with Crippen molar-refractivity contribution >= 4 is 11.7 Å². The maximum atomic E-state index is 14.3. The summed E-state index contributed by atoms with van der Waals surface area (Å²) < 4.78 is 28.5. The van der Waals surface area contributed by atoms with Gasteiger partial charge in [-0.1, -0.05) is 83.1 Å². The number of halogens is 2.